The summed E-state index contributed by atoms with van der Waals surface area (Å²) < 4.78 is 0.748. The first kappa shape index (κ1) is 18.9. The second kappa shape index (κ2) is 7.80. The summed E-state index contributed by atoms with van der Waals surface area (Å²) in [6.07, 6.45) is 0.241. The number of fused-ring (bicyclic) bond motifs is 1. The number of hydrogen-bond acceptors (Lipinski definition) is 4. The largest absolute Gasteiger partial charge is 0.364 e. The number of nitrogens with one attached hydrogen (secondary N) is 1. The van der Waals surface area contributed by atoms with E-state index in [0.717, 1.165) is 10.2 Å². The average molecular weight is 427 g/mol. The Hall–Kier alpha value is -2.85. The minimum atomic E-state index is -0.251. The van der Waals surface area contributed by atoms with Crippen LogP contribution in [0.15, 0.2) is 46.9 Å². The normalized spacial score (nSPS) is 16.0. The first-order valence-corrected chi connectivity index (χ1v) is 9.31. The molecule has 1 atom stereocenters. The van der Waals surface area contributed by atoms with E-state index in [-0.39, 0.29) is 30.8 Å². The third kappa shape index (κ3) is 3.96. The van der Waals surface area contributed by atoms with Gasteiger partial charge in [-0.2, -0.15) is 5.26 Å². The molecule has 138 valence electrons. The Labute approximate surface area is 166 Å². The van der Waals surface area contributed by atoms with Crippen LogP contribution < -0.4 is 15.1 Å². The lowest BCUT2D eigenvalue weighted by atomic mass is 10.1. The van der Waals surface area contributed by atoms with Gasteiger partial charge >= 0.3 is 0 Å². The first-order valence-electron chi connectivity index (χ1n) is 8.52. The summed E-state index contributed by atoms with van der Waals surface area (Å²) in [7, 11) is 1.82. The summed E-state index contributed by atoms with van der Waals surface area (Å²) in [6, 6.07) is 14.4. The molecule has 7 heteroatoms. The minimum Gasteiger partial charge on any atom is -0.364 e. The molecule has 2 aromatic carbocycles. The topological polar surface area (TPSA) is 76.4 Å². The van der Waals surface area contributed by atoms with E-state index in [1.54, 1.807) is 29.2 Å². The van der Waals surface area contributed by atoms with Gasteiger partial charge in [-0.15, -0.1) is 0 Å². The Kier molecular flexibility index (Phi) is 5.47. The van der Waals surface area contributed by atoms with E-state index in [1.807, 2.05) is 37.1 Å². The number of carbonyl (C=O) groups is 2. The molecule has 0 spiro atoms. The van der Waals surface area contributed by atoms with E-state index in [0.29, 0.717) is 16.9 Å². The van der Waals surface area contributed by atoms with E-state index in [1.165, 1.54) is 0 Å². The van der Waals surface area contributed by atoms with Crippen LogP contribution >= 0.6 is 15.9 Å². The first-order chi connectivity index (χ1) is 12.9. The Morgan fingerprint density at radius 3 is 2.81 bits per heavy atom. The van der Waals surface area contributed by atoms with E-state index < -0.39 is 0 Å². The van der Waals surface area contributed by atoms with Crippen LogP contribution in [0.3, 0.4) is 0 Å². The van der Waals surface area contributed by atoms with Gasteiger partial charge in [-0.3, -0.25) is 9.59 Å². The summed E-state index contributed by atoms with van der Waals surface area (Å²) in [6.45, 7) is 2.01. The number of benzene rings is 2. The fraction of sp³-hybridized carbons (Fsp3) is 0.250. The molecule has 0 saturated heterocycles. The van der Waals surface area contributed by atoms with Crippen molar-refractivity contribution < 1.29 is 9.59 Å². The third-order valence-electron chi connectivity index (χ3n) is 4.49. The molecular weight excluding hydrogens is 408 g/mol. The van der Waals surface area contributed by atoms with Crippen molar-refractivity contribution in [2.45, 2.75) is 19.4 Å². The number of para-hydroxylation sites is 2. The highest BCUT2D eigenvalue weighted by Crippen LogP contribution is 2.32. The number of amides is 2. The van der Waals surface area contributed by atoms with Crippen LogP contribution in [-0.2, 0) is 9.59 Å². The van der Waals surface area contributed by atoms with Crippen LogP contribution in [0.5, 0.6) is 0 Å². The number of likely N-dealkylation sites (N-methyl/N-ethyl adjacent to an activating group) is 1. The second-order valence-electron chi connectivity index (χ2n) is 6.52. The summed E-state index contributed by atoms with van der Waals surface area (Å²) in [5, 5.41) is 11.9. The van der Waals surface area contributed by atoms with Crippen LogP contribution in [0.25, 0.3) is 0 Å². The molecule has 1 aliphatic rings. The Bertz CT molecular complexity index is 938. The van der Waals surface area contributed by atoms with Crippen molar-refractivity contribution in [2.75, 3.05) is 28.7 Å². The van der Waals surface area contributed by atoms with Crippen molar-refractivity contribution in [1.82, 2.24) is 0 Å². The maximum absolute atomic E-state index is 13.1. The lowest BCUT2D eigenvalue weighted by Gasteiger charge is -2.30. The van der Waals surface area contributed by atoms with Gasteiger partial charge in [0, 0.05) is 24.0 Å². The van der Waals surface area contributed by atoms with Gasteiger partial charge < -0.3 is 15.1 Å². The van der Waals surface area contributed by atoms with Crippen molar-refractivity contribution in [2.24, 2.45) is 0 Å². The molecule has 0 bridgehead atoms. The predicted octanol–water partition coefficient (Wildman–Crippen LogP) is 3.52. The van der Waals surface area contributed by atoms with Gasteiger partial charge in [-0.05, 0) is 53.2 Å². The lowest BCUT2D eigenvalue weighted by Crippen LogP contribution is -2.44. The molecule has 0 aliphatic carbocycles. The molecule has 6 nitrogen and oxygen atoms in total. The molecule has 1 unspecified atom stereocenters. The Morgan fingerprint density at radius 1 is 1.37 bits per heavy atom. The summed E-state index contributed by atoms with van der Waals surface area (Å²) in [5.41, 5.74) is 2.70. The molecule has 0 fully saturated rings. The Morgan fingerprint density at radius 2 is 2.11 bits per heavy atom. The van der Waals surface area contributed by atoms with Crippen molar-refractivity contribution >= 4 is 44.8 Å². The van der Waals surface area contributed by atoms with E-state index >= 15 is 0 Å². The van der Waals surface area contributed by atoms with E-state index in [4.69, 9.17) is 5.26 Å². The van der Waals surface area contributed by atoms with Gasteiger partial charge in [-0.1, -0.05) is 12.1 Å². The van der Waals surface area contributed by atoms with E-state index in [2.05, 4.69) is 27.3 Å². The molecule has 3 rings (SSSR count). The molecule has 1 N–H and O–H groups in total. The van der Waals surface area contributed by atoms with Crippen LogP contribution in [0, 0.1) is 11.3 Å². The Balaban J connectivity index is 1.87. The smallest absolute Gasteiger partial charge is 0.246 e. The molecule has 0 saturated carbocycles. The number of rotatable bonds is 3. The quantitative estimate of drug-likeness (QED) is 0.814. The number of hydrogen-bond donors (Lipinski definition) is 1. The van der Waals surface area contributed by atoms with E-state index in [9.17, 15) is 9.59 Å². The van der Waals surface area contributed by atoms with Crippen LogP contribution in [0.4, 0.5) is 17.1 Å². The van der Waals surface area contributed by atoms with Gasteiger partial charge in [0.05, 0.1) is 35.2 Å². The van der Waals surface area contributed by atoms with Crippen molar-refractivity contribution in [3.8, 4) is 6.07 Å². The molecule has 2 amide bonds. The predicted molar refractivity (Wildman–Crippen MR) is 109 cm³/mol. The van der Waals surface area contributed by atoms with Crippen LogP contribution in [0.1, 0.15) is 18.9 Å². The summed E-state index contributed by atoms with van der Waals surface area (Å²) in [4.78, 5) is 28.7. The zero-order valence-corrected chi connectivity index (χ0v) is 16.7. The highest BCUT2D eigenvalue weighted by molar-refractivity contribution is 9.10. The third-order valence-corrected chi connectivity index (χ3v) is 5.12. The van der Waals surface area contributed by atoms with Crippen LogP contribution in [-0.4, -0.2) is 31.4 Å². The monoisotopic (exact) mass is 426 g/mol. The lowest BCUT2D eigenvalue weighted by molar-refractivity contribution is -0.118. The van der Waals surface area contributed by atoms with Crippen molar-refractivity contribution in [3.05, 3.63) is 52.5 Å². The SMILES string of the molecule is CC1CC(=O)Nc2ccccc2N1C(=O)CN(C)c1ccc(C#N)cc1Br. The van der Waals surface area contributed by atoms with Gasteiger partial charge in [-0.25, -0.2) is 0 Å². The van der Waals surface area contributed by atoms with Gasteiger partial charge in [0.15, 0.2) is 0 Å². The molecule has 0 aromatic heterocycles. The van der Waals surface area contributed by atoms with Gasteiger partial charge in [0.25, 0.3) is 0 Å². The number of halogens is 1. The van der Waals surface area contributed by atoms with Crippen molar-refractivity contribution in [1.29, 1.82) is 5.26 Å². The second-order valence-corrected chi connectivity index (χ2v) is 7.37. The molecule has 27 heavy (non-hydrogen) atoms. The number of carbonyl (C=O) groups excluding carboxylic acids is 2. The minimum absolute atomic E-state index is 0.103. The average Bonchev–Trinajstić information content (AvgIpc) is 2.75. The maximum Gasteiger partial charge on any atom is 0.246 e. The summed E-state index contributed by atoms with van der Waals surface area (Å²) in [5.74, 6) is -0.210. The highest BCUT2D eigenvalue weighted by atomic mass is 79.9. The number of nitriles is 1. The van der Waals surface area contributed by atoms with Crippen molar-refractivity contribution in [3.63, 3.8) is 0 Å². The standard InChI is InChI=1S/C20H19BrN4O2/c1-13-9-19(26)23-16-5-3-4-6-18(16)25(13)20(27)12-24(2)17-8-7-14(11-22)10-15(17)21/h3-8,10,13H,9,12H2,1-2H3,(H,23,26). The molecule has 1 heterocycles. The molecule has 0 radical (unpaired) electrons. The summed E-state index contributed by atoms with van der Waals surface area (Å²) >= 11 is 3.46. The fourth-order valence-electron chi connectivity index (χ4n) is 3.22. The highest BCUT2D eigenvalue weighted by Gasteiger charge is 2.30. The van der Waals surface area contributed by atoms with Gasteiger partial charge in [0.2, 0.25) is 11.8 Å². The molecular formula is C20H19BrN4O2. The zero-order chi connectivity index (χ0) is 19.6. The number of anilines is 3. The fourth-order valence-corrected chi connectivity index (χ4v) is 3.90. The van der Waals surface area contributed by atoms with Crippen LogP contribution in [0.2, 0.25) is 0 Å². The van der Waals surface area contributed by atoms with Gasteiger partial charge in [0.1, 0.15) is 0 Å². The zero-order valence-electron chi connectivity index (χ0n) is 15.1. The molecule has 2 aromatic rings. The number of nitrogens with zero attached hydrogens (tertiary/aromatic N) is 3. The molecule has 1 aliphatic heterocycles. The maximum atomic E-state index is 13.1.